The quantitative estimate of drug-likeness (QED) is 0.754. The molecule has 2 nitrogen and oxygen atoms in total. The first-order chi connectivity index (χ1) is 8.36. The summed E-state index contributed by atoms with van der Waals surface area (Å²) in [5.41, 5.74) is 0. The lowest BCUT2D eigenvalue weighted by molar-refractivity contribution is -0.133. The predicted molar refractivity (Wildman–Crippen MR) is 72.2 cm³/mol. The molecule has 1 aliphatic carbocycles. The lowest BCUT2D eigenvalue weighted by Crippen LogP contribution is -2.46. The molecule has 3 rings (SSSR count). The first-order valence-electron chi connectivity index (χ1n) is 7.28. The van der Waals surface area contributed by atoms with E-state index < -0.39 is 0 Å². The van der Waals surface area contributed by atoms with Gasteiger partial charge < -0.3 is 4.90 Å². The monoisotopic (exact) mass is 253 g/mol. The van der Waals surface area contributed by atoms with Gasteiger partial charge in [-0.3, -0.25) is 4.79 Å². The molecular formula is C14H23NOS. The SMILES string of the molecule is O=C(C1CCCCS1)N1CCCC1C1CCC1. The average molecular weight is 253 g/mol. The van der Waals surface area contributed by atoms with Gasteiger partial charge in [0, 0.05) is 12.6 Å². The van der Waals surface area contributed by atoms with Crippen molar-refractivity contribution in [3.63, 3.8) is 0 Å². The van der Waals surface area contributed by atoms with Crippen molar-refractivity contribution in [3.05, 3.63) is 0 Å². The van der Waals surface area contributed by atoms with Crippen LogP contribution in [-0.4, -0.2) is 34.4 Å². The number of thioether (sulfide) groups is 1. The van der Waals surface area contributed by atoms with E-state index in [0.29, 0.717) is 17.2 Å². The average Bonchev–Trinajstić information content (AvgIpc) is 2.76. The van der Waals surface area contributed by atoms with Gasteiger partial charge in [-0.15, -0.1) is 11.8 Å². The number of carbonyl (C=O) groups is 1. The molecule has 2 atom stereocenters. The van der Waals surface area contributed by atoms with Crippen LogP contribution in [0.15, 0.2) is 0 Å². The molecule has 0 N–H and O–H groups in total. The second-order valence-electron chi connectivity index (χ2n) is 5.79. The van der Waals surface area contributed by atoms with Crippen LogP contribution in [0.5, 0.6) is 0 Å². The van der Waals surface area contributed by atoms with E-state index in [9.17, 15) is 4.79 Å². The van der Waals surface area contributed by atoms with Crippen LogP contribution in [0.25, 0.3) is 0 Å². The van der Waals surface area contributed by atoms with Crippen LogP contribution >= 0.6 is 11.8 Å². The molecule has 2 unspecified atom stereocenters. The van der Waals surface area contributed by atoms with Crippen LogP contribution in [-0.2, 0) is 4.79 Å². The van der Waals surface area contributed by atoms with Crippen LogP contribution < -0.4 is 0 Å². The molecule has 0 aromatic heterocycles. The molecular weight excluding hydrogens is 230 g/mol. The molecule has 2 heterocycles. The van der Waals surface area contributed by atoms with Crippen LogP contribution in [0, 0.1) is 5.92 Å². The van der Waals surface area contributed by atoms with Gasteiger partial charge in [0.2, 0.25) is 5.91 Å². The smallest absolute Gasteiger partial charge is 0.235 e. The third kappa shape index (κ3) is 2.35. The molecule has 0 spiro atoms. The molecule has 0 bridgehead atoms. The number of rotatable bonds is 2. The summed E-state index contributed by atoms with van der Waals surface area (Å²) >= 11 is 1.91. The van der Waals surface area contributed by atoms with E-state index in [1.807, 2.05) is 11.8 Å². The normalized spacial score (nSPS) is 34.7. The molecule has 1 saturated carbocycles. The second-order valence-corrected chi connectivity index (χ2v) is 7.10. The first-order valence-corrected chi connectivity index (χ1v) is 8.33. The highest BCUT2D eigenvalue weighted by Gasteiger charge is 2.39. The summed E-state index contributed by atoms with van der Waals surface area (Å²) < 4.78 is 0. The van der Waals surface area contributed by atoms with E-state index in [1.165, 1.54) is 50.7 Å². The van der Waals surface area contributed by atoms with Gasteiger partial charge in [-0.2, -0.15) is 0 Å². The standard InChI is InChI=1S/C14H23NOS/c16-14(13-8-1-2-10-17-13)15-9-4-7-12(15)11-5-3-6-11/h11-13H,1-10H2. The molecule has 1 amide bonds. The molecule has 3 heteroatoms. The van der Waals surface area contributed by atoms with E-state index in [1.54, 1.807) is 0 Å². The maximum atomic E-state index is 12.6. The minimum atomic E-state index is 0.296. The Hall–Kier alpha value is -0.180. The highest BCUT2D eigenvalue weighted by molar-refractivity contribution is 8.00. The summed E-state index contributed by atoms with van der Waals surface area (Å²) in [6.45, 7) is 1.04. The summed E-state index contributed by atoms with van der Waals surface area (Å²) in [5.74, 6) is 2.51. The van der Waals surface area contributed by atoms with Crippen molar-refractivity contribution < 1.29 is 4.79 Å². The fourth-order valence-corrected chi connectivity index (χ4v) is 4.77. The van der Waals surface area contributed by atoms with Crippen LogP contribution in [0.2, 0.25) is 0 Å². The largest absolute Gasteiger partial charge is 0.338 e. The maximum absolute atomic E-state index is 12.6. The zero-order valence-electron chi connectivity index (χ0n) is 10.6. The first kappa shape index (κ1) is 11.9. The fraction of sp³-hybridized carbons (Fsp3) is 0.929. The van der Waals surface area contributed by atoms with Gasteiger partial charge >= 0.3 is 0 Å². The maximum Gasteiger partial charge on any atom is 0.235 e. The lowest BCUT2D eigenvalue weighted by Gasteiger charge is -2.38. The van der Waals surface area contributed by atoms with E-state index in [2.05, 4.69) is 4.90 Å². The number of hydrogen-bond donors (Lipinski definition) is 0. The van der Waals surface area contributed by atoms with Gasteiger partial charge in [-0.05, 0) is 50.2 Å². The predicted octanol–water partition coefficient (Wildman–Crippen LogP) is 3.06. The van der Waals surface area contributed by atoms with E-state index in [0.717, 1.165) is 18.9 Å². The molecule has 0 aromatic carbocycles. The molecule has 2 saturated heterocycles. The highest BCUT2D eigenvalue weighted by Crippen LogP contribution is 2.38. The van der Waals surface area contributed by atoms with Crippen molar-refractivity contribution in [2.75, 3.05) is 12.3 Å². The minimum absolute atomic E-state index is 0.296. The lowest BCUT2D eigenvalue weighted by atomic mass is 9.78. The van der Waals surface area contributed by atoms with Crippen molar-refractivity contribution in [2.24, 2.45) is 5.92 Å². The Bertz CT molecular complexity index is 284. The van der Waals surface area contributed by atoms with Crippen molar-refractivity contribution in [3.8, 4) is 0 Å². The molecule has 3 aliphatic rings. The van der Waals surface area contributed by atoms with Gasteiger partial charge in [0.15, 0.2) is 0 Å². The minimum Gasteiger partial charge on any atom is -0.338 e. The molecule has 96 valence electrons. The Kier molecular flexibility index (Phi) is 3.64. The summed E-state index contributed by atoms with van der Waals surface area (Å²) in [4.78, 5) is 14.8. The zero-order valence-corrected chi connectivity index (χ0v) is 11.4. The zero-order chi connectivity index (χ0) is 11.7. The van der Waals surface area contributed by atoms with Gasteiger partial charge in [-0.1, -0.05) is 12.8 Å². The molecule has 3 fully saturated rings. The number of nitrogens with zero attached hydrogens (tertiary/aromatic N) is 1. The molecule has 17 heavy (non-hydrogen) atoms. The fourth-order valence-electron chi connectivity index (χ4n) is 3.50. The molecule has 2 aliphatic heterocycles. The molecule has 0 aromatic rings. The van der Waals surface area contributed by atoms with Crippen LogP contribution in [0.1, 0.15) is 51.4 Å². The third-order valence-electron chi connectivity index (χ3n) is 4.73. The Morgan fingerprint density at radius 1 is 1.00 bits per heavy atom. The van der Waals surface area contributed by atoms with E-state index in [-0.39, 0.29) is 0 Å². The molecule has 0 radical (unpaired) electrons. The van der Waals surface area contributed by atoms with Crippen molar-refractivity contribution in [2.45, 2.75) is 62.7 Å². The summed E-state index contributed by atoms with van der Waals surface area (Å²) in [6, 6.07) is 0.610. The van der Waals surface area contributed by atoms with Gasteiger partial charge in [-0.25, -0.2) is 0 Å². The third-order valence-corrected chi connectivity index (χ3v) is 6.10. The van der Waals surface area contributed by atoms with Crippen molar-refractivity contribution in [1.82, 2.24) is 4.90 Å². The number of carbonyl (C=O) groups excluding carboxylic acids is 1. The Morgan fingerprint density at radius 2 is 1.88 bits per heavy atom. The summed E-state index contributed by atoms with van der Waals surface area (Å²) in [6.07, 6.45) is 10.3. The topological polar surface area (TPSA) is 20.3 Å². The van der Waals surface area contributed by atoms with Crippen molar-refractivity contribution in [1.29, 1.82) is 0 Å². The van der Waals surface area contributed by atoms with Gasteiger partial charge in [0.1, 0.15) is 0 Å². The number of hydrogen-bond acceptors (Lipinski definition) is 2. The number of likely N-dealkylation sites (tertiary alicyclic amines) is 1. The van der Waals surface area contributed by atoms with Gasteiger partial charge in [0.25, 0.3) is 0 Å². The van der Waals surface area contributed by atoms with Crippen LogP contribution in [0.4, 0.5) is 0 Å². The van der Waals surface area contributed by atoms with Gasteiger partial charge in [0.05, 0.1) is 5.25 Å². The summed E-state index contributed by atoms with van der Waals surface area (Å²) in [7, 11) is 0. The van der Waals surface area contributed by atoms with E-state index >= 15 is 0 Å². The Labute approximate surface area is 109 Å². The second kappa shape index (κ2) is 5.21. The van der Waals surface area contributed by atoms with Crippen molar-refractivity contribution >= 4 is 17.7 Å². The Morgan fingerprint density at radius 3 is 2.53 bits per heavy atom. The number of amides is 1. The van der Waals surface area contributed by atoms with Crippen LogP contribution in [0.3, 0.4) is 0 Å². The Balaban J connectivity index is 1.62. The van der Waals surface area contributed by atoms with E-state index in [4.69, 9.17) is 0 Å². The summed E-state index contributed by atoms with van der Waals surface area (Å²) in [5, 5.41) is 0.296. The highest BCUT2D eigenvalue weighted by atomic mass is 32.2.